The maximum Gasteiger partial charge on any atom is 0.262 e. The van der Waals surface area contributed by atoms with Crippen LogP contribution < -0.4 is 15.4 Å². The lowest BCUT2D eigenvalue weighted by atomic mass is 9.95. The zero-order valence-electron chi connectivity index (χ0n) is 17.5. The Morgan fingerprint density at radius 2 is 1.77 bits per heavy atom. The molecule has 160 valence electrons. The number of carbonyl (C=O) groups is 2. The van der Waals surface area contributed by atoms with Crippen LogP contribution in [-0.2, 0) is 4.79 Å². The van der Waals surface area contributed by atoms with Crippen LogP contribution in [-0.4, -0.2) is 24.5 Å². The third kappa shape index (κ3) is 6.33. The van der Waals surface area contributed by atoms with E-state index in [0.717, 1.165) is 22.9 Å². The van der Waals surface area contributed by atoms with E-state index in [-0.39, 0.29) is 30.4 Å². The second-order valence-corrected chi connectivity index (χ2v) is 8.98. The van der Waals surface area contributed by atoms with Crippen molar-refractivity contribution in [2.24, 2.45) is 0 Å². The zero-order chi connectivity index (χ0) is 21.5. The van der Waals surface area contributed by atoms with Crippen molar-refractivity contribution < 1.29 is 14.3 Å². The smallest absolute Gasteiger partial charge is 0.262 e. The van der Waals surface area contributed by atoms with Crippen molar-refractivity contribution in [1.29, 1.82) is 0 Å². The molecule has 1 saturated carbocycles. The topological polar surface area (TPSA) is 67.4 Å². The molecule has 0 heterocycles. The predicted molar refractivity (Wildman–Crippen MR) is 123 cm³/mol. The lowest BCUT2D eigenvalue weighted by Crippen LogP contribution is -2.36. The summed E-state index contributed by atoms with van der Waals surface area (Å²) in [5.74, 6) is 0.692. The molecule has 1 fully saturated rings. The van der Waals surface area contributed by atoms with Gasteiger partial charge in [0.05, 0.1) is 0 Å². The number of amides is 2. The highest BCUT2D eigenvalue weighted by atomic mass is 79.9. The minimum absolute atomic E-state index is 0.0560. The zero-order valence-corrected chi connectivity index (χ0v) is 19.1. The fourth-order valence-corrected chi connectivity index (χ4v) is 4.04. The Morgan fingerprint density at radius 3 is 2.43 bits per heavy atom. The summed E-state index contributed by atoms with van der Waals surface area (Å²) in [6, 6.07) is 13.0. The van der Waals surface area contributed by atoms with Crippen LogP contribution in [0.4, 0.5) is 5.69 Å². The molecule has 3 rings (SSSR count). The van der Waals surface area contributed by atoms with Gasteiger partial charge in [0, 0.05) is 21.8 Å². The highest BCUT2D eigenvalue weighted by Gasteiger charge is 2.17. The van der Waals surface area contributed by atoms with Crippen LogP contribution in [0.5, 0.6) is 5.75 Å². The molecule has 0 radical (unpaired) electrons. The molecule has 5 nitrogen and oxygen atoms in total. The Hall–Kier alpha value is -2.34. The van der Waals surface area contributed by atoms with E-state index >= 15 is 0 Å². The van der Waals surface area contributed by atoms with Crippen molar-refractivity contribution in [3.8, 4) is 5.75 Å². The highest BCUT2D eigenvalue weighted by Crippen LogP contribution is 2.29. The average Bonchev–Trinajstić information content (AvgIpc) is 2.74. The second kappa shape index (κ2) is 10.6. The van der Waals surface area contributed by atoms with Gasteiger partial charge >= 0.3 is 0 Å². The van der Waals surface area contributed by atoms with Crippen molar-refractivity contribution in [3.05, 3.63) is 58.1 Å². The van der Waals surface area contributed by atoms with Crippen molar-refractivity contribution in [1.82, 2.24) is 5.32 Å². The van der Waals surface area contributed by atoms with E-state index < -0.39 is 0 Å². The largest absolute Gasteiger partial charge is 0.483 e. The number of benzene rings is 2. The predicted octanol–water partition coefficient (Wildman–Crippen LogP) is 5.65. The Labute approximate surface area is 186 Å². The van der Waals surface area contributed by atoms with E-state index in [0.29, 0.717) is 17.0 Å². The van der Waals surface area contributed by atoms with Crippen LogP contribution in [0.25, 0.3) is 0 Å². The Morgan fingerprint density at radius 1 is 1.07 bits per heavy atom. The molecule has 1 aliphatic carbocycles. The molecule has 30 heavy (non-hydrogen) atoms. The number of rotatable bonds is 7. The lowest BCUT2D eigenvalue weighted by Gasteiger charge is -2.22. The van der Waals surface area contributed by atoms with Gasteiger partial charge in [0.1, 0.15) is 5.75 Å². The van der Waals surface area contributed by atoms with Crippen molar-refractivity contribution >= 4 is 33.4 Å². The third-order valence-corrected chi connectivity index (χ3v) is 5.82. The number of hydrogen-bond donors (Lipinski definition) is 2. The van der Waals surface area contributed by atoms with Gasteiger partial charge in [-0.25, -0.2) is 0 Å². The Kier molecular flexibility index (Phi) is 7.91. The standard InChI is InChI=1S/C24H29BrN2O3/c1-16(2)21-14-18(25)10-13-22(21)30-15-23(28)26-20-11-8-17(9-12-20)24(29)27-19-6-4-3-5-7-19/h8-14,16,19H,3-7,15H2,1-2H3,(H,26,28)(H,27,29). The molecule has 0 saturated heterocycles. The minimum atomic E-state index is -0.243. The number of hydrogen-bond acceptors (Lipinski definition) is 3. The monoisotopic (exact) mass is 472 g/mol. The van der Waals surface area contributed by atoms with Gasteiger partial charge in [-0.05, 0) is 66.8 Å². The van der Waals surface area contributed by atoms with Gasteiger partial charge < -0.3 is 15.4 Å². The normalized spacial score (nSPS) is 14.4. The molecular formula is C24H29BrN2O3. The molecule has 2 N–H and O–H groups in total. The van der Waals surface area contributed by atoms with Crippen LogP contribution in [0, 0.1) is 0 Å². The molecule has 2 aromatic rings. The van der Waals surface area contributed by atoms with Crippen molar-refractivity contribution in [2.75, 3.05) is 11.9 Å². The van der Waals surface area contributed by atoms with Gasteiger partial charge in [-0.15, -0.1) is 0 Å². The number of halogens is 1. The summed E-state index contributed by atoms with van der Waals surface area (Å²) in [6.45, 7) is 4.09. The molecule has 0 unspecified atom stereocenters. The van der Waals surface area contributed by atoms with E-state index in [1.54, 1.807) is 24.3 Å². The molecule has 0 aromatic heterocycles. The first kappa shape index (κ1) is 22.3. The van der Waals surface area contributed by atoms with Gasteiger partial charge in [-0.1, -0.05) is 49.0 Å². The maximum absolute atomic E-state index is 12.4. The van der Waals surface area contributed by atoms with Gasteiger partial charge in [0.15, 0.2) is 6.61 Å². The maximum atomic E-state index is 12.4. The summed E-state index contributed by atoms with van der Waals surface area (Å²) in [5, 5.41) is 5.92. The van der Waals surface area contributed by atoms with Gasteiger partial charge in [0.2, 0.25) is 0 Å². The van der Waals surface area contributed by atoms with Crippen molar-refractivity contribution in [2.45, 2.75) is 57.9 Å². The number of anilines is 1. The van der Waals surface area contributed by atoms with Gasteiger partial charge in [-0.3, -0.25) is 9.59 Å². The lowest BCUT2D eigenvalue weighted by molar-refractivity contribution is -0.118. The first-order valence-electron chi connectivity index (χ1n) is 10.6. The number of carbonyl (C=O) groups excluding carboxylic acids is 2. The van der Waals surface area contributed by atoms with Gasteiger partial charge in [0.25, 0.3) is 11.8 Å². The molecule has 0 atom stereocenters. The fraction of sp³-hybridized carbons (Fsp3) is 0.417. The quantitative estimate of drug-likeness (QED) is 0.546. The first-order valence-corrected chi connectivity index (χ1v) is 11.3. The second-order valence-electron chi connectivity index (χ2n) is 8.06. The van der Waals surface area contributed by atoms with E-state index in [1.165, 1.54) is 19.3 Å². The van der Waals surface area contributed by atoms with Crippen molar-refractivity contribution in [3.63, 3.8) is 0 Å². The van der Waals surface area contributed by atoms with E-state index in [4.69, 9.17) is 4.74 Å². The molecule has 6 heteroatoms. The molecule has 2 aromatic carbocycles. The Balaban J connectivity index is 1.51. The number of ether oxygens (including phenoxy) is 1. The van der Waals surface area contributed by atoms with E-state index in [2.05, 4.69) is 40.4 Å². The summed E-state index contributed by atoms with van der Waals surface area (Å²) < 4.78 is 6.72. The third-order valence-electron chi connectivity index (χ3n) is 5.32. The molecule has 1 aliphatic rings. The fourth-order valence-electron chi connectivity index (χ4n) is 3.66. The van der Waals surface area contributed by atoms with E-state index in [1.807, 2.05) is 18.2 Å². The SMILES string of the molecule is CC(C)c1cc(Br)ccc1OCC(=O)Nc1ccc(C(=O)NC2CCCCC2)cc1. The first-order chi connectivity index (χ1) is 14.4. The number of nitrogens with one attached hydrogen (secondary N) is 2. The van der Waals surface area contributed by atoms with E-state index in [9.17, 15) is 9.59 Å². The summed E-state index contributed by atoms with van der Waals surface area (Å²) in [4.78, 5) is 24.7. The summed E-state index contributed by atoms with van der Waals surface area (Å²) >= 11 is 3.47. The van der Waals surface area contributed by atoms with Crippen LogP contribution in [0.2, 0.25) is 0 Å². The van der Waals surface area contributed by atoms with Gasteiger partial charge in [-0.2, -0.15) is 0 Å². The minimum Gasteiger partial charge on any atom is -0.483 e. The Bertz CT molecular complexity index is 875. The summed E-state index contributed by atoms with van der Waals surface area (Å²) in [7, 11) is 0. The average molecular weight is 473 g/mol. The molecular weight excluding hydrogens is 444 g/mol. The van der Waals surface area contributed by atoms with Crippen LogP contribution in [0.3, 0.4) is 0 Å². The summed E-state index contributed by atoms with van der Waals surface area (Å²) in [5.41, 5.74) is 2.29. The summed E-state index contributed by atoms with van der Waals surface area (Å²) in [6.07, 6.45) is 5.71. The molecule has 0 aliphatic heterocycles. The highest BCUT2D eigenvalue weighted by molar-refractivity contribution is 9.10. The van der Waals surface area contributed by atoms with Crippen LogP contribution in [0.15, 0.2) is 46.9 Å². The van der Waals surface area contributed by atoms with Crippen LogP contribution >= 0.6 is 15.9 Å². The van der Waals surface area contributed by atoms with Crippen LogP contribution in [0.1, 0.15) is 67.8 Å². The molecule has 2 amide bonds. The molecule has 0 spiro atoms. The molecule has 0 bridgehead atoms.